The highest BCUT2D eigenvalue weighted by molar-refractivity contribution is 7.17. The van der Waals surface area contributed by atoms with Gasteiger partial charge in [0, 0.05) is 12.6 Å². The largest absolute Gasteiger partial charge is 0.351 e. The number of amides is 2. The van der Waals surface area contributed by atoms with Crippen LogP contribution in [0.4, 0.5) is 0 Å². The van der Waals surface area contributed by atoms with Gasteiger partial charge in [0.15, 0.2) is 0 Å². The van der Waals surface area contributed by atoms with Crippen molar-refractivity contribution in [2.45, 2.75) is 64.2 Å². The monoisotopic (exact) mass is 435 g/mol. The zero-order chi connectivity index (χ0) is 21.6. The Labute approximate surface area is 187 Å². The number of hydrogen-bond acceptors (Lipinski definition) is 3. The van der Waals surface area contributed by atoms with Gasteiger partial charge in [-0.25, -0.2) is 0 Å². The molecule has 1 aliphatic heterocycles. The molecule has 1 aliphatic carbocycles. The standard InChI is InChI=1S/C25H29N3O2S/c1-17-8-6-7-11-19(17)26-24(30)25(2)16-27-20-12-13-31-22(20)14-21(27)23(29)28(25)15-18-9-4-3-5-10-18/h3-5,9-10,12-14,17,19H,6-8,11,15-16H2,1-2H3,(H,26,30)/t17-,19+,25+/m1/s1. The fourth-order valence-corrected chi connectivity index (χ4v) is 5.96. The number of thiophene rings is 1. The summed E-state index contributed by atoms with van der Waals surface area (Å²) in [6.45, 7) is 5.04. The Morgan fingerprint density at radius 3 is 2.74 bits per heavy atom. The van der Waals surface area contributed by atoms with E-state index in [1.54, 1.807) is 16.2 Å². The molecule has 6 heteroatoms. The summed E-state index contributed by atoms with van der Waals surface area (Å²) >= 11 is 1.63. The molecule has 3 aromatic rings. The van der Waals surface area contributed by atoms with E-state index in [-0.39, 0.29) is 17.9 Å². The first-order valence-electron chi connectivity index (χ1n) is 11.2. The van der Waals surface area contributed by atoms with Gasteiger partial charge in [-0.05, 0) is 48.8 Å². The second-order valence-electron chi connectivity index (χ2n) is 9.28. The van der Waals surface area contributed by atoms with Crippen molar-refractivity contribution in [3.05, 3.63) is 59.1 Å². The molecule has 0 radical (unpaired) electrons. The lowest BCUT2D eigenvalue weighted by atomic mass is 9.85. The maximum absolute atomic E-state index is 13.8. The van der Waals surface area contributed by atoms with Crippen LogP contribution >= 0.6 is 11.3 Å². The molecule has 0 unspecified atom stereocenters. The maximum Gasteiger partial charge on any atom is 0.271 e. The Morgan fingerprint density at radius 1 is 1.19 bits per heavy atom. The fourth-order valence-electron chi connectivity index (χ4n) is 5.14. The van der Waals surface area contributed by atoms with Crippen LogP contribution in [-0.4, -0.2) is 32.9 Å². The van der Waals surface area contributed by atoms with Crippen LogP contribution in [0.25, 0.3) is 10.2 Å². The molecule has 2 aromatic heterocycles. The summed E-state index contributed by atoms with van der Waals surface area (Å²) in [4.78, 5) is 29.2. The molecular weight excluding hydrogens is 406 g/mol. The van der Waals surface area contributed by atoms with Gasteiger partial charge in [0.2, 0.25) is 5.91 Å². The van der Waals surface area contributed by atoms with Crippen molar-refractivity contribution < 1.29 is 9.59 Å². The number of carbonyl (C=O) groups is 2. The molecule has 3 atom stereocenters. The average molecular weight is 436 g/mol. The van der Waals surface area contributed by atoms with Crippen LogP contribution in [0.2, 0.25) is 0 Å². The third kappa shape index (κ3) is 3.47. The van der Waals surface area contributed by atoms with E-state index >= 15 is 0 Å². The first-order chi connectivity index (χ1) is 15.0. The van der Waals surface area contributed by atoms with Crippen molar-refractivity contribution in [3.8, 4) is 0 Å². The number of carbonyl (C=O) groups excluding carboxylic acids is 2. The Bertz CT molecular complexity index is 1120. The van der Waals surface area contributed by atoms with E-state index in [1.165, 1.54) is 6.42 Å². The molecule has 0 saturated heterocycles. The van der Waals surface area contributed by atoms with Gasteiger partial charge in [-0.1, -0.05) is 50.1 Å². The molecule has 2 aliphatic rings. The van der Waals surface area contributed by atoms with Crippen LogP contribution in [0, 0.1) is 5.92 Å². The molecule has 2 amide bonds. The number of fused-ring (bicyclic) bond motifs is 3. The second kappa shape index (κ2) is 7.83. The minimum Gasteiger partial charge on any atom is -0.351 e. The van der Waals surface area contributed by atoms with Crippen molar-refractivity contribution >= 4 is 33.4 Å². The lowest BCUT2D eigenvalue weighted by molar-refractivity contribution is -0.134. The Balaban J connectivity index is 1.53. The van der Waals surface area contributed by atoms with Gasteiger partial charge in [0.1, 0.15) is 11.2 Å². The zero-order valence-corrected chi connectivity index (χ0v) is 19.0. The van der Waals surface area contributed by atoms with Gasteiger partial charge in [0.05, 0.1) is 16.8 Å². The van der Waals surface area contributed by atoms with E-state index in [0.29, 0.717) is 24.7 Å². The predicted octanol–water partition coefficient (Wildman–Crippen LogP) is 4.81. The van der Waals surface area contributed by atoms with E-state index in [2.05, 4.69) is 12.2 Å². The molecule has 1 fully saturated rings. The van der Waals surface area contributed by atoms with E-state index in [0.717, 1.165) is 35.0 Å². The molecule has 0 bridgehead atoms. The molecule has 1 N–H and O–H groups in total. The minimum absolute atomic E-state index is 0.0433. The van der Waals surface area contributed by atoms with Gasteiger partial charge in [-0.15, -0.1) is 11.3 Å². The normalized spacial score (nSPS) is 26.1. The van der Waals surface area contributed by atoms with Gasteiger partial charge in [-0.2, -0.15) is 0 Å². The zero-order valence-electron chi connectivity index (χ0n) is 18.1. The highest BCUT2D eigenvalue weighted by atomic mass is 32.1. The summed E-state index contributed by atoms with van der Waals surface area (Å²) in [6, 6.07) is 14.2. The minimum atomic E-state index is -0.953. The predicted molar refractivity (Wildman–Crippen MR) is 124 cm³/mol. The highest BCUT2D eigenvalue weighted by Gasteiger charge is 2.48. The van der Waals surface area contributed by atoms with Crippen molar-refractivity contribution in [2.24, 2.45) is 5.92 Å². The van der Waals surface area contributed by atoms with Gasteiger partial charge < -0.3 is 14.8 Å². The first-order valence-corrected chi connectivity index (χ1v) is 12.1. The van der Waals surface area contributed by atoms with Crippen LogP contribution in [0.5, 0.6) is 0 Å². The quantitative estimate of drug-likeness (QED) is 0.639. The molecule has 1 aromatic carbocycles. The van der Waals surface area contributed by atoms with E-state index < -0.39 is 5.54 Å². The van der Waals surface area contributed by atoms with Crippen molar-refractivity contribution in [3.63, 3.8) is 0 Å². The highest BCUT2D eigenvalue weighted by Crippen LogP contribution is 2.35. The first kappa shape index (κ1) is 20.3. The van der Waals surface area contributed by atoms with Crippen molar-refractivity contribution in [1.29, 1.82) is 0 Å². The lowest BCUT2D eigenvalue weighted by Gasteiger charge is -2.45. The summed E-state index contributed by atoms with van der Waals surface area (Å²) in [5.41, 5.74) is 1.79. The number of nitrogens with one attached hydrogen (secondary N) is 1. The van der Waals surface area contributed by atoms with Gasteiger partial charge in [0.25, 0.3) is 5.91 Å². The summed E-state index contributed by atoms with van der Waals surface area (Å²) < 4.78 is 3.13. The topological polar surface area (TPSA) is 54.3 Å². The maximum atomic E-state index is 13.8. The van der Waals surface area contributed by atoms with Crippen molar-refractivity contribution in [1.82, 2.24) is 14.8 Å². The molecule has 5 nitrogen and oxygen atoms in total. The molecular formula is C25H29N3O2S. The summed E-state index contributed by atoms with van der Waals surface area (Å²) in [6.07, 6.45) is 4.53. The van der Waals surface area contributed by atoms with Crippen molar-refractivity contribution in [2.75, 3.05) is 0 Å². The molecule has 1 saturated carbocycles. The average Bonchev–Trinajstić information content (AvgIpc) is 3.36. The van der Waals surface area contributed by atoms with E-state index in [1.807, 2.05) is 59.3 Å². The number of hydrogen-bond donors (Lipinski definition) is 1. The smallest absolute Gasteiger partial charge is 0.271 e. The number of benzene rings is 1. The number of nitrogens with zero attached hydrogens (tertiary/aromatic N) is 2. The summed E-state index contributed by atoms with van der Waals surface area (Å²) in [7, 11) is 0. The number of aromatic nitrogens is 1. The Hall–Kier alpha value is -2.60. The van der Waals surface area contributed by atoms with Crippen LogP contribution in [0.1, 0.15) is 55.6 Å². The fraction of sp³-hybridized carbons (Fsp3) is 0.440. The van der Waals surface area contributed by atoms with Crippen LogP contribution in [0.3, 0.4) is 0 Å². The molecule has 5 rings (SSSR count). The van der Waals surface area contributed by atoms with Crippen LogP contribution in [-0.2, 0) is 17.9 Å². The third-order valence-corrected chi connectivity index (χ3v) is 8.00. The SMILES string of the molecule is C[C@@H]1CCCC[C@@H]1NC(=O)[C@]1(C)Cn2c(cc3sccc32)C(=O)N1Cc1ccccc1. The summed E-state index contributed by atoms with van der Waals surface area (Å²) in [5.74, 6) is 0.347. The third-order valence-electron chi connectivity index (χ3n) is 7.15. The van der Waals surface area contributed by atoms with Crippen LogP contribution in [0.15, 0.2) is 47.8 Å². The molecule has 3 heterocycles. The Kier molecular flexibility index (Phi) is 5.13. The second-order valence-corrected chi connectivity index (χ2v) is 10.2. The summed E-state index contributed by atoms with van der Waals surface area (Å²) in [5, 5.41) is 5.38. The van der Waals surface area contributed by atoms with Crippen LogP contribution < -0.4 is 5.32 Å². The number of rotatable bonds is 4. The lowest BCUT2D eigenvalue weighted by Crippen LogP contribution is -2.65. The van der Waals surface area contributed by atoms with Gasteiger partial charge in [-0.3, -0.25) is 9.59 Å². The van der Waals surface area contributed by atoms with Gasteiger partial charge >= 0.3 is 0 Å². The van der Waals surface area contributed by atoms with E-state index in [4.69, 9.17) is 0 Å². The molecule has 31 heavy (non-hydrogen) atoms. The molecule has 0 spiro atoms. The Morgan fingerprint density at radius 2 is 1.97 bits per heavy atom. The van der Waals surface area contributed by atoms with E-state index in [9.17, 15) is 9.59 Å². The molecule has 162 valence electrons.